The number of hydrogen-bond donors (Lipinski definition) is 0. The van der Waals surface area contributed by atoms with E-state index in [0.717, 1.165) is 17.8 Å². The molecule has 0 radical (unpaired) electrons. The van der Waals surface area contributed by atoms with E-state index in [4.69, 9.17) is 0 Å². The molecule has 0 bridgehead atoms. The first-order chi connectivity index (χ1) is 7.88. The molecule has 0 aromatic carbocycles. The van der Waals surface area contributed by atoms with Crippen LogP contribution in [0.5, 0.6) is 0 Å². The molecule has 0 amide bonds. The van der Waals surface area contributed by atoms with Crippen LogP contribution in [-0.4, -0.2) is 0 Å². The average Bonchev–Trinajstić information content (AvgIpc) is 2.24. The highest BCUT2D eigenvalue weighted by molar-refractivity contribution is 5.07. The van der Waals surface area contributed by atoms with Crippen LogP contribution >= 0.6 is 0 Å². The number of unbranched alkanes of at least 4 members (excludes halogenated alkanes) is 1. The van der Waals surface area contributed by atoms with Crippen molar-refractivity contribution < 1.29 is 0 Å². The fourth-order valence-corrected chi connectivity index (χ4v) is 3.07. The van der Waals surface area contributed by atoms with Crippen LogP contribution in [0.1, 0.15) is 60.3 Å². The van der Waals surface area contributed by atoms with Gasteiger partial charge in [0, 0.05) is 0 Å². The van der Waals surface area contributed by atoms with Crippen LogP contribution in [0.25, 0.3) is 0 Å². The second-order valence-electron chi connectivity index (χ2n) is 6.64. The third-order valence-corrected chi connectivity index (χ3v) is 4.74. The zero-order valence-electron chi connectivity index (χ0n) is 12.4. The van der Waals surface area contributed by atoms with Gasteiger partial charge in [-0.3, -0.25) is 0 Å². The van der Waals surface area contributed by atoms with Gasteiger partial charge in [-0.2, -0.15) is 0 Å². The molecular weight excluding hydrogens is 204 g/mol. The molecule has 0 saturated heterocycles. The highest BCUT2D eigenvalue weighted by atomic mass is 14.4. The van der Waals surface area contributed by atoms with Crippen molar-refractivity contribution in [2.24, 2.45) is 23.2 Å². The van der Waals surface area contributed by atoms with Crippen molar-refractivity contribution in [1.29, 1.82) is 0 Å². The Hall–Kier alpha value is -0.520. The Bertz CT molecular complexity index is 282. The van der Waals surface area contributed by atoms with E-state index in [1.54, 1.807) is 0 Å². The van der Waals surface area contributed by atoms with Crippen LogP contribution in [0.2, 0.25) is 0 Å². The Morgan fingerprint density at radius 1 is 1.41 bits per heavy atom. The van der Waals surface area contributed by atoms with E-state index < -0.39 is 0 Å². The Kier molecular flexibility index (Phi) is 5.04. The van der Waals surface area contributed by atoms with Gasteiger partial charge in [0.2, 0.25) is 0 Å². The lowest BCUT2D eigenvalue weighted by molar-refractivity contribution is 0.0836. The molecule has 3 atom stereocenters. The summed E-state index contributed by atoms with van der Waals surface area (Å²) in [6.45, 7) is 15.9. The first-order valence-corrected chi connectivity index (χ1v) is 7.20. The Labute approximate surface area is 108 Å². The summed E-state index contributed by atoms with van der Waals surface area (Å²) < 4.78 is 0. The molecule has 0 heteroatoms. The van der Waals surface area contributed by atoms with E-state index in [2.05, 4.69) is 53.3 Å². The zero-order chi connectivity index (χ0) is 13.1. The predicted molar refractivity (Wildman–Crippen MR) is 78.0 cm³/mol. The Balaban J connectivity index is 2.77. The molecule has 0 heterocycles. The zero-order valence-corrected chi connectivity index (χ0v) is 12.4. The summed E-state index contributed by atoms with van der Waals surface area (Å²) in [6, 6.07) is 0. The van der Waals surface area contributed by atoms with Crippen LogP contribution in [0.3, 0.4) is 0 Å². The van der Waals surface area contributed by atoms with Gasteiger partial charge in [0.25, 0.3) is 0 Å². The van der Waals surface area contributed by atoms with E-state index in [1.165, 1.54) is 31.3 Å². The molecule has 0 aromatic rings. The van der Waals surface area contributed by atoms with Crippen molar-refractivity contribution in [1.82, 2.24) is 0 Å². The normalized spacial score (nSPS) is 32.9. The molecule has 0 nitrogen and oxygen atoms in total. The fraction of sp³-hybridized carbons (Fsp3) is 0.765. The van der Waals surface area contributed by atoms with Crippen molar-refractivity contribution in [3.63, 3.8) is 0 Å². The number of allylic oxidation sites excluding steroid dienone is 3. The Morgan fingerprint density at radius 2 is 2.06 bits per heavy atom. The van der Waals surface area contributed by atoms with E-state index in [1.807, 2.05) is 0 Å². The summed E-state index contributed by atoms with van der Waals surface area (Å²) >= 11 is 0. The lowest BCUT2D eigenvalue weighted by atomic mass is 9.60. The van der Waals surface area contributed by atoms with Crippen molar-refractivity contribution in [3.05, 3.63) is 24.3 Å². The maximum absolute atomic E-state index is 4.18. The summed E-state index contributed by atoms with van der Waals surface area (Å²) in [5.74, 6) is 2.25. The molecule has 1 aliphatic carbocycles. The first kappa shape index (κ1) is 14.5. The SMILES string of the molecule is C=C(C)C1CC(/C=C\CCC)C(C)C(C)(C)C1. The lowest BCUT2D eigenvalue weighted by Gasteiger charge is -2.45. The average molecular weight is 234 g/mol. The molecule has 0 aromatic heterocycles. The molecule has 0 N–H and O–H groups in total. The van der Waals surface area contributed by atoms with Gasteiger partial charge >= 0.3 is 0 Å². The minimum absolute atomic E-state index is 0.448. The standard InChI is InChI=1S/C17H30/c1-7-8-9-10-15-11-16(13(2)3)12-17(5,6)14(15)4/h9-10,14-16H,2,7-8,11-12H2,1,3-6H3/b10-9-. The van der Waals surface area contributed by atoms with Gasteiger partial charge in [-0.15, -0.1) is 0 Å². The van der Waals surface area contributed by atoms with Crippen LogP contribution in [0, 0.1) is 23.2 Å². The molecule has 1 saturated carbocycles. The number of rotatable bonds is 4. The molecular formula is C17H30. The lowest BCUT2D eigenvalue weighted by Crippen LogP contribution is -2.36. The monoisotopic (exact) mass is 234 g/mol. The van der Waals surface area contributed by atoms with Crippen molar-refractivity contribution in [3.8, 4) is 0 Å². The van der Waals surface area contributed by atoms with E-state index in [9.17, 15) is 0 Å². The minimum Gasteiger partial charge on any atom is -0.0999 e. The highest BCUT2D eigenvalue weighted by Gasteiger charge is 2.39. The van der Waals surface area contributed by atoms with Crippen LogP contribution < -0.4 is 0 Å². The second-order valence-corrected chi connectivity index (χ2v) is 6.64. The molecule has 3 unspecified atom stereocenters. The predicted octanol–water partition coefficient (Wildman–Crippen LogP) is 5.61. The topological polar surface area (TPSA) is 0 Å². The summed E-state index contributed by atoms with van der Waals surface area (Å²) in [6.07, 6.45) is 9.96. The summed E-state index contributed by atoms with van der Waals surface area (Å²) in [5, 5.41) is 0. The van der Waals surface area contributed by atoms with Gasteiger partial charge in [-0.05, 0) is 49.4 Å². The van der Waals surface area contributed by atoms with Crippen molar-refractivity contribution in [2.75, 3.05) is 0 Å². The van der Waals surface area contributed by atoms with Gasteiger partial charge < -0.3 is 0 Å². The molecule has 98 valence electrons. The van der Waals surface area contributed by atoms with Crippen LogP contribution in [0.4, 0.5) is 0 Å². The van der Waals surface area contributed by atoms with Gasteiger partial charge in [-0.1, -0.05) is 58.4 Å². The van der Waals surface area contributed by atoms with E-state index in [-0.39, 0.29) is 0 Å². The quantitative estimate of drug-likeness (QED) is 0.555. The molecule has 17 heavy (non-hydrogen) atoms. The maximum Gasteiger partial charge on any atom is -0.0197 e. The highest BCUT2D eigenvalue weighted by Crippen LogP contribution is 2.48. The smallest absolute Gasteiger partial charge is 0.0197 e. The third kappa shape index (κ3) is 3.72. The van der Waals surface area contributed by atoms with Gasteiger partial charge in [0.1, 0.15) is 0 Å². The molecule has 0 spiro atoms. The molecule has 1 aliphatic rings. The summed E-state index contributed by atoms with van der Waals surface area (Å²) in [4.78, 5) is 0. The molecule has 1 fully saturated rings. The first-order valence-electron chi connectivity index (χ1n) is 7.20. The maximum atomic E-state index is 4.18. The fourth-order valence-electron chi connectivity index (χ4n) is 3.07. The van der Waals surface area contributed by atoms with Crippen molar-refractivity contribution in [2.45, 2.75) is 60.3 Å². The Morgan fingerprint density at radius 3 is 2.59 bits per heavy atom. The summed E-state index contributed by atoms with van der Waals surface area (Å²) in [5.41, 5.74) is 1.82. The van der Waals surface area contributed by atoms with Gasteiger partial charge in [-0.25, -0.2) is 0 Å². The number of hydrogen-bond acceptors (Lipinski definition) is 0. The second kappa shape index (κ2) is 5.89. The van der Waals surface area contributed by atoms with Gasteiger partial charge in [0.15, 0.2) is 0 Å². The van der Waals surface area contributed by atoms with E-state index in [0.29, 0.717) is 5.41 Å². The van der Waals surface area contributed by atoms with Crippen LogP contribution in [-0.2, 0) is 0 Å². The van der Waals surface area contributed by atoms with Crippen LogP contribution in [0.15, 0.2) is 24.3 Å². The molecule has 1 rings (SSSR count). The minimum atomic E-state index is 0.448. The van der Waals surface area contributed by atoms with Crippen molar-refractivity contribution >= 4 is 0 Å². The third-order valence-electron chi connectivity index (χ3n) is 4.74. The van der Waals surface area contributed by atoms with E-state index >= 15 is 0 Å². The summed E-state index contributed by atoms with van der Waals surface area (Å²) in [7, 11) is 0. The largest absolute Gasteiger partial charge is 0.0999 e. The van der Waals surface area contributed by atoms with Gasteiger partial charge in [0.05, 0.1) is 0 Å². The molecule has 0 aliphatic heterocycles.